The minimum atomic E-state index is -0.579. The summed E-state index contributed by atoms with van der Waals surface area (Å²) in [5, 5.41) is 7.38. The Morgan fingerprint density at radius 3 is 2.66 bits per heavy atom. The molecule has 1 fully saturated rings. The fourth-order valence-corrected chi connectivity index (χ4v) is 5.36. The second kappa shape index (κ2) is 8.72. The SMILES string of the molecule is O=C(Nc1ccc2oc(=O)n(CC(=O)N3CCCCC3)c2c1)c1nn2c(c1I)CCCC2. The standard InChI is InChI=1S/C22H24IN5O4/c23-19-15-6-2-5-11-28(15)25-20(19)21(30)24-14-7-8-17-16(12-14)27(22(31)32-17)13-18(29)26-9-3-1-4-10-26/h7-8,12H,1-6,9-11,13H2,(H,24,30). The third-order valence-electron chi connectivity index (χ3n) is 6.17. The Hall–Kier alpha value is -2.63. The number of benzene rings is 1. The molecule has 4 heterocycles. The monoisotopic (exact) mass is 549 g/mol. The highest BCUT2D eigenvalue weighted by Gasteiger charge is 2.24. The van der Waals surface area contributed by atoms with Gasteiger partial charge in [0.15, 0.2) is 11.3 Å². The molecule has 5 rings (SSSR count). The van der Waals surface area contributed by atoms with Crippen LogP contribution in [0.15, 0.2) is 27.4 Å². The van der Waals surface area contributed by atoms with Crippen molar-refractivity contribution in [2.75, 3.05) is 18.4 Å². The molecule has 1 saturated heterocycles. The van der Waals surface area contributed by atoms with Crippen molar-refractivity contribution in [2.45, 2.75) is 51.6 Å². The Kier molecular flexibility index (Phi) is 5.78. The topological polar surface area (TPSA) is 102 Å². The number of nitrogens with zero attached hydrogens (tertiary/aromatic N) is 4. The first-order valence-electron chi connectivity index (χ1n) is 11.0. The van der Waals surface area contributed by atoms with Gasteiger partial charge in [0.1, 0.15) is 6.54 Å². The third-order valence-corrected chi connectivity index (χ3v) is 7.30. The zero-order valence-electron chi connectivity index (χ0n) is 17.6. The molecular weight excluding hydrogens is 525 g/mol. The fourth-order valence-electron chi connectivity index (χ4n) is 4.46. The maximum atomic E-state index is 12.9. The molecule has 10 heteroatoms. The molecule has 0 unspecified atom stereocenters. The summed E-state index contributed by atoms with van der Waals surface area (Å²) in [6.45, 7) is 2.20. The van der Waals surface area contributed by atoms with Crippen LogP contribution in [-0.4, -0.2) is 44.2 Å². The van der Waals surface area contributed by atoms with E-state index in [9.17, 15) is 14.4 Å². The molecule has 0 radical (unpaired) electrons. The first-order valence-corrected chi connectivity index (χ1v) is 12.1. The maximum absolute atomic E-state index is 12.9. The van der Waals surface area contributed by atoms with Gasteiger partial charge in [-0.3, -0.25) is 18.8 Å². The van der Waals surface area contributed by atoms with E-state index in [1.165, 1.54) is 4.57 Å². The minimum Gasteiger partial charge on any atom is -0.408 e. The Labute approximate surface area is 197 Å². The summed E-state index contributed by atoms with van der Waals surface area (Å²) in [7, 11) is 0. The van der Waals surface area contributed by atoms with Crippen LogP contribution in [0.1, 0.15) is 48.3 Å². The summed E-state index contributed by atoms with van der Waals surface area (Å²) in [6, 6.07) is 4.99. The molecular formula is C22H24IN5O4. The lowest BCUT2D eigenvalue weighted by Gasteiger charge is -2.26. The van der Waals surface area contributed by atoms with E-state index in [1.807, 2.05) is 4.68 Å². The quantitative estimate of drug-likeness (QED) is 0.505. The van der Waals surface area contributed by atoms with Gasteiger partial charge in [0.25, 0.3) is 5.91 Å². The molecule has 9 nitrogen and oxygen atoms in total. The highest BCUT2D eigenvalue weighted by molar-refractivity contribution is 14.1. The Balaban J connectivity index is 1.39. The zero-order chi connectivity index (χ0) is 22.2. The fraction of sp³-hybridized carbons (Fsp3) is 0.455. The number of halogens is 1. The zero-order valence-corrected chi connectivity index (χ0v) is 19.8. The number of hydrogen-bond acceptors (Lipinski definition) is 5. The molecule has 2 aromatic heterocycles. The number of likely N-dealkylation sites (tertiary alicyclic amines) is 1. The molecule has 168 valence electrons. The smallest absolute Gasteiger partial charge is 0.408 e. The van der Waals surface area contributed by atoms with E-state index in [-0.39, 0.29) is 18.4 Å². The van der Waals surface area contributed by atoms with E-state index < -0.39 is 5.76 Å². The summed E-state index contributed by atoms with van der Waals surface area (Å²) >= 11 is 2.19. The van der Waals surface area contributed by atoms with Gasteiger partial charge in [-0.25, -0.2) is 4.79 Å². The van der Waals surface area contributed by atoms with Gasteiger partial charge in [-0.2, -0.15) is 5.10 Å². The van der Waals surface area contributed by atoms with Crippen LogP contribution in [0, 0.1) is 3.57 Å². The average molecular weight is 549 g/mol. The number of aryl methyl sites for hydroxylation is 1. The van der Waals surface area contributed by atoms with Crippen LogP contribution in [0.2, 0.25) is 0 Å². The summed E-state index contributed by atoms with van der Waals surface area (Å²) in [5.41, 5.74) is 2.90. The molecule has 3 aromatic rings. The number of aromatic nitrogens is 3. The molecule has 0 bridgehead atoms. The van der Waals surface area contributed by atoms with Crippen LogP contribution in [0.25, 0.3) is 11.1 Å². The first kappa shape index (κ1) is 21.2. The van der Waals surface area contributed by atoms with Gasteiger partial charge in [0, 0.05) is 25.3 Å². The van der Waals surface area contributed by atoms with E-state index >= 15 is 0 Å². The second-order valence-electron chi connectivity index (χ2n) is 8.32. The van der Waals surface area contributed by atoms with Crippen molar-refractivity contribution in [3.8, 4) is 0 Å². The maximum Gasteiger partial charge on any atom is 0.420 e. The number of fused-ring (bicyclic) bond motifs is 2. The molecule has 0 aliphatic carbocycles. The van der Waals surface area contributed by atoms with E-state index in [2.05, 4.69) is 33.0 Å². The van der Waals surface area contributed by atoms with Crippen LogP contribution in [0.4, 0.5) is 5.69 Å². The molecule has 2 aliphatic rings. The van der Waals surface area contributed by atoms with Crippen molar-refractivity contribution >= 4 is 51.2 Å². The largest absolute Gasteiger partial charge is 0.420 e. The number of carbonyl (C=O) groups is 2. The number of carbonyl (C=O) groups excluding carboxylic acids is 2. The summed E-state index contributed by atoms with van der Waals surface area (Å²) in [4.78, 5) is 39.8. The predicted molar refractivity (Wildman–Crippen MR) is 127 cm³/mol. The normalized spacial score (nSPS) is 16.2. The lowest BCUT2D eigenvalue weighted by atomic mass is 10.1. The lowest BCUT2D eigenvalue weighted by molar-refractivity contribution is -0.132. The molecule has 1 N–H and O–H groups in total. The number of anilines is 1. The van der Waals surface area contributed by atoms with E-state index in [0.717, 1.165) is 67.4 Å². The second-order valence-corrected chi connectivity index (χ2v) is 9.40. The molecule has 0 atom stereocenters. The van der Waals surface area contributed by atoms with Crippen molar-refractivity contribution in [1.82, 2.24) is 19.2 Å². The number of nitrogens with one attached hydrogen (secondary N) is 1. The van der Waals surface area contributed by atoms with Crippen LogP contribution in [0.5, 0.6) is 0 Å². The van der Waals surface area contributed by atoms with Crippen molar-refractivity contribution in [1.29, 1.82) is 0 Å². The van der Waals surface area contributed by atoms with Gasteiger partial charge in [0.2, 0.25) is 5.91 Å². The summed E-state index contributed by atoms with van der Waals surface area (Å²) in [5.74, 6) is -0.968. The summed E-state index contributed by atoms with van der Waals surface area (Å²) in [6.07, 6.45) is 6.19. The van der Waals surface area contributed by atoms with Crippen molar-refractivity contribution in [3.63, 3.8) is 0 Å². The van der Waals surface area contributed by atoms with Gasteiger partial charge in [-0.15, -0.1) is 0 Å². The molecule has 1 aromatic carbocycles. The Bertz CT molecular complexity index is 1250. The van der Waals surface area contributed by atoms with E-state index in [1.54, 1.807) is 23.1 Å². The highest BCUT2D eigenvalue weighted by Crippen LogP contribution is 2.25. The van der Waals surface area contributed by atoms with Crippen LogP contribution in [-0.2, 0) is 24.3 Å². The Morgan fingerprint density at radius 1 is 1.09 bits per heavy atom. The number of amides is 2. The van der Waals surface area contributed by atoms with Crippen LogP contribution < -0.4 is 11.1 Å². The highest BCUT2D eigenvalue weighted by atomic mass is 127. The van der Waals surface area contributed by atoms with Crippen molar-refractivity contribution in [2.24, 2.45) is 0 Å². The van der Waals surface area contributed by atoms with Gasteiger partial charge in [-0.05, 0) is 79.3 Å². The lowest BCUT2D eigenvalue weighted by Crippen LogP contribution is -2.39. The van der Waals surface area contributed by atoms with Gasteiger partial charge < -0.3 is 14.6 Å². The molecule has 0 spiro atoms. The van der Waals surface area contributed by atoms with E-state index in [4.69, 9.17) is 4.42 Å². The Morgan fingerprint density at radius 2 is 1.88 bits per heavy atom. The van der Waals surface area contributed by atoms with E-state index in [0.29, 0.717) is 22.5 Å². The number of rotatable bonds is 4. The molecule has 32 heavy (non-hydrogen) atoms. The summed E-state index contributed by atoms with van der Waals surface area (Å²) < 4.78 is 9.45. The first-order chi connectivity index (χ1) is 15.5. The average Bonchev–Trinajstić information content (AvgIpc) is 3.31. The third kappa shape index (κ3) is 3.96. The predicted octanol–water partition coefficient (Wildman–Crippen LogP) is 3.00. The van der Waals surface area contributed by atoms with Gasteiger partial charge in [0.05, 0.1) is 14.8 Å². The van der Waals surface area contributed by atoms with Crippen molar-refractivity contribution < 1.29 is 14.0 Å². The van der Waals surface area contributed by atoms with Gasteiger partial charge in [-0.1, -0.05) is 0 Å². The number of piperidine rings is 1. The number of oxazole rings is 1. The number of hydrogen-bond donors (Lipinski definition) is 1. The van der Waals surface area contributed by atoms with Crippen LogP contribution in [0.3, 0.4) is 0 Å². The van der Waals surface area contributed by atoms with Crippen molar-refractivity contribution in [3.05, 3.63) is 43.7 Å². The molecule has 0 saturated carbocycles. The molecule has 2 amide bonds. The van der Waals surface area contributed by atoms with Crippen LogP contribution >= 0.6 is 22.6 Å². The molecule has 2 aliphatic heterocycles. The van der Waals surface area contributed by atoms with Gasteiger partial charge >= 0.3 is 5.76 Å². The minimum absolute atomic E-state index is 0.0745.